The number of methoxy groups -OCH3 is 2. The van der Waals surface area contributed by atoms with Crippen molar-refractivity contribution in [2.75, 3.05) is 33.0 Å². The zero-order chi connectivity index (χ0) is 22.2. The number of ether oxygens (including phenoxy) is 2. The quantitative estimate of drug-likeness (QED) is 0.640. The number of nitrogens with zero attached hydrogens (tertiary/aromatic N) is 3. The number of nitrogens with two attached hydrogens (primary N) is 1. The molecule has 3 heterocycles. The molecule has 1 amide bonds. The third kappa shape index (κ3) is 3.42. The molecule has 3 N–H and O–H groups in total. The van der Waals surface area contributed by atoms with E-state index in [2.05, 4.69) is 10.3 Å². The average molecular weight is 438 g/mol. The van der Waals surface area contributed by atoms with Crippen LogP contribution >= 0.6 is 0 Å². The van der Waals surface area contributed by atoms with Gasteiger partial charge in [0.05, 0.1) is 32.0 Å². The Balaban J connectivity index is 1.56. The molecule has 1 aliphatic heterocycles. The molecule has 32 heavy (non-hydrogen) atoms. The first-order valence-electron chi connectivity index (χ1n) is 10.9. The molecule has 0 bridgehead atoms. The fourth-order valence-corrected chi connectivity index (χ4v) is 5.08. The zero-order valence-electron chi connectivity index (χ0n) is 18.2. The second-order valence-electron chi connectivity index (χ2n) is 8.26. The van der Waals surface area contributed by atoms with E-state index in [1.54, 1.807) is 32.4 Å². The SMILES string of the molecule is COc1cc2nc(C3CCC[C@@H]4NCCN(C(=O)c5ccco5)[C@H]34)nc(N)c2cc1OC. The molecule has 1 aromatic carbocycles. The van der Waals surface area contributed by atoms with Crippen LogP contribution < -0.4 is 20.5 Å². The molecule has 2 aromatic heterocycles. The summed E-state index contributed by atoms with van der Waals surface area (Å²) in [5, 5.41) is 4.30. The van der Waals surface area contributed by atoms with Gasteiger partial charge in [-0.25, -0.2) is 9.97 Å². The van der Waals surface area contributed by atoms with E-state index in [1.807, 2.05) is 11.0 Å². The van der Waals surface area contributed by atoms with Gasteiger partial charge in [0, 0.05) is 36.5 Å². The molecule has 2 fully saturated rings. The Hall–Kier alpha value is -3.33. The third-order valence-corrected chi connectivity index (χ3v) is 6.55. The minimum Gasteiger partial charge on any atom is -0.493 e. The van der Waals surface area contributed by atoms with Crippen molar-refractivity contribution in [3.05, 3.63) is 42.1 Å². The third-order valence-electron chi connectivity index (χ3n) is 6.55. The van der Waals surface area contributed by atoms with E-state index in [-0.39, 0.29) is 23.9 Å². The number of piperazine rings is 1. The Morgan fingerprint density at radius 2 is 2.03 bits per heavy atom. The highest BCUT2D eigenvalue weighted by Crippen LogP contribution is 2.39. The molecule has 168 valence electrons. The van der Waals surface area contributed by atoms with Crippen LogP contribution in [-0.2, 0) is 0 Å². The fraction of sp³-hybridized carbons (Fsp3) is 0.435. The molecule has 9 heteroatoms. The van der Waals surface area contributed by atoms with Crippen LogP contribution in [0.4, 0.5) is 5.82 Å². The van der Waals surface area contributed by atoms with Crippen molar-refractivity contribution < 1.29 is 18.7 Å². The summed E-state index contributed by atoms with van der Waals surface area (Å²) in [6, 6.07) is 7.16. The lowest BCUT2D eigenvalue weighted by molar-refractivity contribution is 0.0394. The molecule has 3 atom stereocenters. The fourth-order valence-electron chi connectivity index (χ4n) is 5.08. The summed E-state index contributed by atoms with van der Waals surface area (Å²) in [6.07, 6.45) is 4.43. The highest BCUT2D eigenvalue weighted by Gasteiger charge is 2.44. The van der Waals surface area contributed by atoms with Gasteiger partial charge in [0.1, 0.15) is 11.6 Å². The summed E-state index contributed by atoms with van der Waals surface area (Å²) >= 11 is 0. The number of benzene rings is 1. The number of hydrogen-bond donors (Lipinski definition) is 2. The van der Waals surface area contributed by atoms with Crippen LogP contribution in [0.3, 0.4) is 0 Å². The molecule has 1 saturated carbocycles. The van der Waals surface area contributed by atoms with E-state index < -0.39 is 0 Å². The molecular formula is C23H27N5O4. The maximum absolute atomic E-state index is 13.2. The minimum absolute atomic E-state index is 0.0414. The van der Waals surface area contributed by atoms with Crippen LogP contribution in [0.5, 0.6) is 11.5 Å². The largest absolute Gasteiger partial charge is 0.493 e. The smallest absolute Gasteiger partial charge is 0.289 e. The first kappa shape index (κ1) is 20.6. The number of fused-ring (bicyclic) bond motifs is 2. The van der Waals surface area contributed by atoms with E-state index in [4.69, 9.17) is 24.6 Å². The number of aromatic nitrogens is 2. The molecule has 1 saturated heterocycles. The standard InChI is InChI=1S/C23H27N5O4/c1-30-18-11-14-16(12-19(18)31-2)26-22(27-21(14)24)13-5-3-6-15-20(13)28(9-8-25-15)23(29)17-7-4-10-32-17/h4,7,10-13,15,20,25H,3,5-6,8-9H2,1-2H3,(H2,24,26,27)/t13?,15-,20+/m0/s1. The van der Waals surface area contributed by atoms with Gasteiger partial charge in [0.25, 0.3) is 5.91 Å². The number of amides is 1. The lowest BCUT2D eigenvalue weighted by Gasteiger charge is -2.47. The first-order chi connectivity index (χ1) is 15.6. The molecular weight excluding hydrogens is 410 g/mol. The molecule has 1 unspecified atom stereocenters. The molecule has 9 nitrogen and oxygen atoms in total. The summed E-state index contributed by atoms with van der Waals surface area (Å²) in [6.45, 7) is 1.35. The number of hydrogen-bond acceptors (Lipinski definition) is 8. The normalized spacial score (nSPS) is 23.1. The number of carbonyl (C=O) groups excluding carboxylic acids is 1. The molecule has 0 radical (unpaired) electrons. The van der Waals surface area contributed by atoms with Crippen molar-refractivity contribution in [2.24, 2.45) is 0 Å². The van der Waals surface area contributed by atoms with Gasteiger partial charge in [-0.1, -0.05) is 6.42 Å². The van der Waals surface area contributed by atoms with Gasteiger partial charge < -0.3 is 29.8 Å². The van der Waals surface area contributed by atoms with Crippen LogP contribution in [0.2, 0.25) is 0 Å². The van der Waals surface area contributed by atoms with Crippen LogP contribution in [-0.4, -0.2) is 60.2 Å². The molecule has 1 aliphatic carbocycles. The van der Waals surface area contributed by atoms with Crippen molar-refractivity contribution in [3.8, 4) is 11.5 Å². The summed E-state index contributed by atoms with van der Waals surface area (Å²) in [7, 11) is 3.17. The lowest BCUT2D eigenvalue weighted by Crippen LogP contribution is -2.63. The minimum atomic E-state index is -0.0985. The first-order valence-corrected chi connectivity index (χ1v) is 10.9. The lowest BCUT2D eigenvalue weighted by atomic mass is 9.78. The van der Waals surface area contributed by atoms with Gasteiger partial charge in [0.15, 0.2) is 17.3 Å². The molecule has 3 aromatic rings. The van der Waals surface area contributed by atoms with Gasteiger partial charge in [0.2, 0.25) is 0 Å². The molecule has 2 aliphatic rings. The Bertz CT molecular complexity index is 1130. The van der Waals surface area contributed by atoms with Crippen LogP contribution in [0.1, 0.15) is 41.6 Å². The number of nitrogen functional groups attached to an aromatic ring is 1. The molecule has 5 rings (SSSR count). The highest BCUT2D eigenvalue weighted by molar-refractivity contribution is 5.92. The van der Waals surface area contributed by atoms with Crippen LogP contribution in [0.25, 0.3) is 10.9 Å². The van der Waals surface area contributed by atoms with Crippen LogP contribution in [0.15, 0.2) is 34.9 Å². The van der Waals surface area contributed by atoms with Crippen molar-refractivity contribution in [1.82, 2.24) is 20.2 Å². The van der Waals surface area contributed by atoms with Gasteiger partial charge in [-0.2, -0.15) is 0 Å². The highest BCUT2D eigenvalue weighted by atomic mass is 16.5. The van der Waals surface area contributed by atoms with Gasteiger partial charge in [-0.3, -0.25) is 4.79 Å². The van der Waals surface area contributed by atoms with E-state index in [9.17, 15) is 4.79 Å². The second-order valence-corrected chi connectivity index (χ2v) is 8.26. The zero-order valence-corrected chi connectivity index (χ0v) is 18.2. The van der Waals surface area contributed by atoms with Gasteiger partial charge >= 0.3 is 0 Å². The van der Waals surface area contributed by atoms with E-state index in [1.165, 1.54) is 6.26 Å². The molecule has 0 spiro atoms. The topological polar surface area (TPSA) is 116 Å². The maximum Gasteiger partial charge on any atom is 0.289 e. The Labute approximate surface area is 185 Å². The Morgan fingerprint density at radius 1 is 1.22 bits per heavy atom. The van der Waals surface area contributed by atoms with E-state index in [0.717, 1.165) is 25.8 Å². The summed E-state index contributed by atoms with van der Waals surface area (Å²) < 4.78 is 16.2. The Kier molecular flexibility index (Phi) is 5.34. The maximum atomic E-state index is 13.2. The second kappa shape index (κ2) is 8.31. The van der Waals surface area contributed by atoms with E-state index in [0.29, 0.717) is 46.3 Å². The van der Waals surface area contributed by atoms with Crippen molar-refractivity contribution in [3.63, 3.8) is 0 Å². The number of anilines is 1. The van der Waals surface area contributed by atoms with Crippen molar-refractivity contribution >= 4 is 22.6 Å². The number of furan rings is 1. The number of carbonyl (C=O) groups is 1. The monoisotopic (exact) mass is 437 g/mol. The predicted octanol–water partition coefficient (Wildman–Crippen LogP) is 2.57. The van der Waals surface area contributed by atoms with E-state index >= 15 is 0 Å². The van der Waals surface area contributed by atoms with Crippen LogP contribution in [0, 0.1) is 0 Å². The Morgan fingerprint density at radius 3 is 2.78 bits per heavy atom. The van der Waals surface area contributed by atoms with Crippen molar-refractivity contribution in [2.45, 2.75) is 37.3 Å². The summed E-state index contributed by atoms with van der Waals surface area (Å²) in [4.78, 5) is 24.7. The van der Waals surface area contributed by atoms with Gasteiger partial charge in [-0.05, 0) is 31.0 Å². The predicted molar refractivity (Wildman–Crippen MR) is 119 cm³/mol. The van der Waals surface area contributed by atoms with Gasteiger partial charge in [-0.15, -0.1) is 0 Å². The average Bonchev–Trinajstić information content (AvgIpc) is 3.37. The number of rotatable bonds is 4. The number of nitrogens with one attached hydrogen (secondary N) is 1. The summed E-state index contributed by atoms with van der Waals surface area (Å²) in [5.41, 5.74) is 7.05. The summed E-state index contributed by atoms with van der Waals surface area (Å²) in [5.74, 6) is 2.41. The van der Waals surface area contributed by atoms with Crippen molar-refractivity contribution in [1.29, 1.82) is 0 Å².